The molecule has 0 unspecified atom stereocenters. The zero-order chi connectivity index (χ0) is 13.8. The van der Waals surface area contributed by atoms with Crippen molar-refractivity contribution in [3.63, 3.8) is 0 Å². The highest BCUT2D eigenvalue weighted by Gasteiger charge is 2.27. The van der Waals surface area contributed by atoms with Gasteiger partial charge in [0.15, 0.2) is 5.82 Å². The smallest absolute Gasteiger partial charge is 0.364 e. The number of halogens is 3. The van der Waals surface area contributed by atoms with Gasteiger partial charge in [0.05, 0.1) is 0 Å². The highest BCUT2D eigenvalue weighted by Crippen LogP contribution is 2.17. The Morgan fingerprint density at radius 3 is 2.50 bits per heavy atom. The standard InChI is InChI=1S/C10H15F3N4O/c1-3-7-6(2)9(17-14)16-8(15-7)4-18-5-10(11,12)13/h3-5,14H2,1-2H3,(H,15,16,17). The van der Waals surface area contributed by atoms with E-state index in [0.717, 1.165) is 11.3 Å². The minimum atomic E-state index is -4.35. The van der Waals surface area contributed by atoms with Crippen LogP contribution in [0.15, 0.2) is 0 Å². The van der Waals surface area contributed by atoms with Crippen LogP contribution in [0.5, 0.6) is 0 Å². The Bertz CT molecular complexity index is 384. The summed E-state index contributed by atoms with van der Waals surface area (Å²) in [7, 11) is 0. The number of nitrogens with one attached hydrogen (secondary N) is 1. The molecule has 0 bridgehead atoms. The summed E-state index contributed by atoms with van der Waals surface area (Å²) in [5, 5.41) is 0. The maximum absolute atomic E-state index is 11.9. The zero-order valence-electron chi connectivity index (χ0n) is 10.1. The Labute approximate surface area is 103 Å². The molecule has 1 rings (SSSR count). The molecule has 8 heteroatoms. The number of rotatable bonds is 5. The molecule has 0 saturated carbocycles. The lowest BCUT2D eigenvalue weighted by molar-refractivity contribution is -0.177. The highest BCUT2D eigenvalue weighted by molar-refractivity contribution is 5.44. The molecule has 0 fully saturated rings. The number of nitrogen functional groups attached to an aromatic ring is 1. The molecule has 5 nitrogen and oxygen atoms in total. The predicted molar refractivity (Wildman–Crippen MR) is 59.7 cm³/mol. The van der Waals surface area contributed by atoms with Gasteiger partial charge in [0, 0.05) is 11.3 Å². The Hall–Kier alpha value is -1.41. The second kappa shape index (κ2) is 5.96. The first kappa shape index (κ1) is 14.7. The topological polar surface area (TPSA) is 73.1 Å². The fourth-order valence-corrected chi connectivity index (χ4v) is 1.42. The number of alkyl halides is 3. The molecular formula is C10H15F3N4O. The molecule has 0 radical (unpaired) electrons. The van der Waals surface area contributed by atoms with Crippen LogP contribution >= 0.6 is 0 Å². The lowest BCUT2D eigenvalue weighted by Gasteiger charge is -2.11. The van der Waals surface area contributed by atoms with E-state index >= 15 is 0 Å². The third-order valence-corrected chi connectivity index (χ3v) is 2.26. The zero-order valence-corrected chi connectivity index (χ0v) is 10.1. The highest BCUT2D eigenvalue weighted by atomic mass is 19.4. The van der Waals surface area contributed by atoms with Crippen LogP contribution in [0.3, 0.4) is 0 Å². The van der Waals surface area contributed by atoms with E-state index in [1.54, 1.807) is 6.92 Å². The van der Waals surface area contributed by atoms with Gasteiger partial charge in [-0.25, -0.2) is 15.8 Å². The second-order valence-electron chi connectivity index (χ2n) is 3.67. The molecule has 0 spiro atoms. The lowest BCUT2D eigenvalue weighted by atomic mass is 10.2. The number of aryl methyl sites for hydroxylation is 1. The number of nitrogens with two attached hydrogens (primary N) is 1. The normalized spacial score (nSPS) is 11.7. The van der Waals surface area contributed by atoms with E-state index in [2.05, 4.69) is 20.1 Å². The largest absolute Gasteiger partial charge is 0.411 e. The average Bonchev–Trinajstić information content (AvgIpc) is 2.29. The van der Waals surface area contributed by atoms with Gasteiger partial charge in [-0.3, -0.25) is 0 Å². The first-order valence-corrected chi connectivity index (χ1v) is 5.35. The molecule has 0 saturated heterocycles. The molecule has 3 N–H and O–H groups in total. The Morgan fingerprint density at radius 1 is 1.33 bits per heavy atom. The summed E-state index contributed by atoms with van der Waals surface area (Å²) in [6.45, 7) is 2.04. The van der Waals surface area contributed by atoms with Crippen molar-refractivity contribution in [1.29, 1.82) is 0 Å². The number of nitrogens with zero attached hydrogens (tertiary/aromatic N) is 2. The van der Waals surface area contributed by atoms with Crippen LogP contribution in [-0.4, -0.2) is 22.8 Å². The molecule has 0 amide bonds. The van der Waals surface area contributed by atoms with Gasteiger partial charge in [0.1, 0.15) is 19.0 Å². The van der Waals surface area contributed by atoms with Crippen LogP contribution in [0.1, 0.15) is 24.0 Å². The van der Waals surface area contributed by atoms with Crippen molar-refractivity contribution in [3.05, 3.63) is 17.1 Å². The van der Waals surface area contributed by atoms with Gasteiger partial charge in [-0.15, -0.1) is 0 Å². The SMILES string of the molecule is CCc1nc(COCC(F)(F)F)nc(NN)c1C. The summed E-state index contributed by atoms with van der Waals surface area (Å²) in [6, 6.07) is 0. The maximum Gasteiger partial charge on any atom is 0.411 e. The van der Waals surface area contributed by atoms with Crippen molar-refractivity contribution >= 4 is 5.82 Å². The molecule has 102 valence electrons. The van der Waals surface area contributed by atoms with Crippen LogP contribution in [-0.2, 0) is 17.8 Å². The molecule has 0 aliphatic carbocycles. The number of ether oxygens (including phenoxy) is 1. The number of hydrazine groups is 1. The van der Waals surface area contributed by atoms with E-state index in [1.165, 1.54) is 0 Å². The van der Waals surface area contributed by atoms with Crippen molar-refractivity contribution in [2.45, 2.75) is 33.1 Å². The monoisotopic (exact) mass is 264 g/mol. The summed E-state index contributed by atoms with van der Waals surface area (Å²) in [4.78, 5) is 8.10. The summed E-state index contributed by atoms with van der Waals surface area (Å²) in [5.41, 5.74) is 3.89. The van der Waals surface area contributed by atoms with Crippen molar-refractivity contribution in [2.75, 3.05) is 12.0 Å². The third kappa shape index (κ3) is 4.11. The molecule has 1 aromatic rings. The van der Waals surface area contributed by atoms with Gasteiger partial charge < -0.3 is 10.2 Å². The summed E-state index contributed by atoms with van der Waals surface area (Å²) < 4.78 is 40.3. The Kier molecular flexibility index (Phi) is 4.85. The molecule has 0 aliphatic rings. The molecule has 1 heterocycles. The Balaban J connectivity index is 2.77. The second-order valence-corrected chi connectivity index (χ2v) is 3.67. The van der Waals surface area contributed by atoms with E-state index in [9.17, 15) is 13.2 Å². The van der Waals surface area contributed by atoms with E-state index in [1.807, 2.05) is 6.92 Å². The minimum Gasteiger partial charge on any atom is -0.364 e. The molecule has 0 aromatic carbocycles. The first-order valence-electron chi connectivity index (χ1n) is 5.35. The van der Waals surface area contributed by atoms with E-state index in [4.69, 9.17) is 5.84 Å². The number of anilines is 1. The molecule has 0 atom stereocenters. The fraction of sp³-hybridized carbons (Fsp3) is 0.600. The van der Waals surface area contributed by atoms with Gasteiger partial charge in [0.25, 0.3) is 0 Å². The summed E-state index contributed by atoms with van der Waals surface area (Å²) in [5.74, 6) is 5.85. The molecule has 1 aromatic heterocycles. The quantitative estimate of drug-likeness (QED) is 0.625. The van der Waals surface area contributed by atoms with Gasteiger partial charge in [-0.2, -0.15) is 13.2 Å². The third-order valence-electron chi connectivity index (χ3n) is 2.26. The van der Waals surface area contributed by atoms with Gasteiger partial charge in [0.2, 0.25) is 0 Å². The van der Waals surface area contributed by atoms with Crippen molar-refractivity contribution in [2.24, 2.45) is 5.84 Å². The van der Waals surface area contributed by atoms with Crippen LogP contribution in [0.25, 0.3) is 0 Å². The molecule has 18 heavy (non-hydrogen) atoms. The molecule has 0 aliphatic heterocycles. The van der Waals surface area contributed by atoms with Crippen LogP contribution in [0.2, 0.25) is 0 Å². The van der Waals surface area contributed by atoms with Crippen molar-refractivity contribution < 1.29 is 17.9 Å². The first-order chi connectivity index (χ1) is 8.37. The minimum absolute atomic E-state index is 0.176. The van der Waals surface area contributed by atoms with Crippen LogP contribution < -0.4 is 11.3 Å². The van der Waals surface area contributed by atoms with Gasteiger partial charge >= 0.3 is 6.18 Å². The fourth-order valence-electron chi connectivity index (χ4n) is 1.42. The van der Waals surface area contributed by atoms with Crippen LogP contribution in [0.4, 0.5) is 19.0 Å². The van der Waals surface area contributed by atoms with Crippen LogP contribution in [0, 0.1) is 6.92 Å². The van der Waals surface area contributed by atoms with E-state index < -0.39 is 12.8 Å². The average molecular weight is 264 g/mol. The number of aromatic nitrogens is 2. The van der Waals surface area contributed by atoms with Gasteiger partial charge in [-0.05, 0) is 13.3 Å². The van der Waals surface area contributed by atoms with Crippen molar-refractivity contribution in [1.82, 2.24) is 9.97 Å². The predicted octanol–water partition coefficient (Wildman–Crippen LogP) is 1.71. The lowest BCUT2D eigenvalue weighted by Crippen LogP contribution is -2.18. The van der Waals surface area contributed by atoms with E-state index in [0.29, 0.717) is 12.2 Å². The Morgan fingerprint density at radius 2 is 2.00 bits per heavy atom. The maximum atomic E-state index is 11.9. The van der Waals surface area contributed by atoms with Crippen molar-refractivity contribution in [3.8, 4) is 0 Å². The molecular weight excluding hydrogens is 249 g/mol. The summed E-state index contributed by atoms with van der Waals surface area (Å²) in [6.07, 6.45) is -3.72. The van der Waals surface area contributed by atoms with Gasteiger partial charge in [-0.1, -0.05) is 6.92 Å². The number of hydrogen-bond acceptors (Lipinski definition) is 5. The summed E-state index contributed by atoms with van der Waals surface area (Å²) >= 11 is 0. The van der Waals surface area contributed by atoms with E-state index in [-0.39, 0.29) is 12.4 Å². The number of hydrogen-bond donors (Lipinski definition) is 2.